The maximum Gasteiger partial charge on any atom is 0.289 e. The van der Waals surface area contributed by atoms with E-state index in [1.54, 1.807) is 17.5 Å². The Kier molecular flexibility index (Phi) is 4.43. The van der Waals surface area contributed by atoms with Crippen molar-refractivity contribution in [3.8, 4) is 0 Å². The molecule has 1 atom stereocenters. The second-order valence-electron chi connectivity index (χ2n) is 3.58. The molecule has 0 saturated carbocycles. The SMILES string of the molecule is Cl.N[C@H](c1csc2ccccc12)C(F)(F)CO. The van der Waals surface area contributed by atoms with Crippen molar-refractivity contribution in [3.63, 3.8) is 0 Å². The van der Waals surface area contributed by atoms with E-state index in [0.717, 1.165) is 10.1 Å². The second-order valence-corrected chi connectivity index (χ2v) is 4.50. The van der Waals surface area contributed by atoms with Gasteiger partial charge in [-0.1, -0.05) is 18.2 Å². The van der Waals surface area contributed by atoms with Crippen LogP contribution < -0.4 is 5.73 Å². The Morgan fingerprint density at radius 2 is 2.00 bits per heavy atom. The van der Waals surface area contributed by atoms with E-state index in [2.05, 4.69) is 0 Å². The third-order valence-electron chi connectivity index (χ3n) is 2.51. The van der Waals surface area contributed by atoms with E-state index in [0.29, 0.717) is 5.56 Å². The lowest BCUT2D eigenvalue weighted by Crippen LogP contribution is -2.36. The van der Waals surface area contributed by atoms with Crippen molar-refractivity contribution in [2.24, 2.45) is 5.73 Å². The summed E-state index contributed by atoms with van der Waals surface area (Å²) in [7, 11) is 0. The van der Waals surface area contributed by atoms with Gasteiger partial charge in [-0.05, 0) is 22.4 Å². The lowest BCUT2D eigenvalue weighted by Gasteiger charge is -2.20. The molecule has 0 unspecified atom stereocenters. The Bertz CT molecular complexity index is 503. The van der Waals surface area contributed by atoms with Gasteiger partial charge in [0.25, 0.3) is 5.92 Å². The molecule has 17 heavy (non-hydrogen) atoms. The lowest BCUT2D eigenvalue weighted by atomic mass is 10.0. The smallest absolute Gasteiger partial charge is 0.289 e. The van der Waals surface area contributed by atoms with Gasteiger partial charge in [-0.15, -0.1) is 23.7 Å². The van der Waals surface area contributed by atoms with Crippen LogP contribution >= 0.6 is 23.7 Å². The maximum atomic E-state index is 13.3. The molecule has 1 aromatic heterocycles. The molecule has 2 aromatic rings. The predicted molar refractivity (Wildman–Crippen MR) is 68.0 cm³/mol. The Labute approximate surface area is 107 Å². The quantitative estimate of drug-likeness (QED) is 0.907. The molecule has 1 heterocycles. The first-order valence-corrected chi connectivity index (χ1v) is 5.64. The fourth-order valence-electron chi connectivity index (χ4n) is 1.57. The van der Waals surface area contributed by atoms with Gasteiger partial charge in [0, 0.05) is 4.70 Å². The van der Waals surface area contributed by atoms with Gasteiger partial charge in [-0.3, -0.25) is 0 Å². The van der Waals surface area contributed by atoms with Crippen LogP contribution in [0.4, 0.5) is 8.78 Å². The van der Waals surface area contributed by atoms with E-state index in [1.165, 1.54) is 11.3 Å². The number of aliphatic hydroxyl groups is 1. The summed E-state index contributed by atoms with van der Waals surface area (Å²) < 4.78 is 27.5. The van der Waals surface area contributed by atoms with Gasteiger partial charge < -0.3 is 10.8 Å². The fourth-order valence-corrected chi connectivity index (χ4v) is 2.56. The van der Waals surface area contributed by atoms with Crippen molar-refractivity contribution < 1.29 is 13.9 Å². The van der Waals surface area contributed by atoms with Crippen molar-refractivity contribution in [2.45, 2.75) is 12.0 Å². The van der Waals surface area contributed by atoms with Gasteiger partial charge in [-0.2, -0.15) is 0 Å². The first kappa shape index (κ1) is 14.3. The molecular formula is C11H12ClF2NOS. The predicted octanol–water partition coefficient (Wildman–Crippen LogP) is 2.95. The highest BCUT2D eigenvalue weighted by molar-refractivity contribution is 7.17. The molecule has 0 aliphatic rings. The third-order valence-corrected chi connectivity index (χ3v) is 3.49. The Morgan fingerprint density at radius 1 is 1.35 bits per heavy atom. The van der Waals surface area contributed by atoms with Gasteiger partial charge in [-0.25, -0.2) is 8.78 Å². The summed E-state index contributed by atoms with van der Waals surface area (Å²) in [5, 5.41) is 11.0. The van der Waals surface area contributed by atoms with Gasteiger partial charge in [0.05, 0.1) is 6.04 Å². The van der Waals surface area contributed by atoms with E-state index in [1.807, 2.05) is 12.1 Å². The number of benzene rings is 1. The van der Waals surface area contributed by atoms with E-state index >= 15 is 0 Å². The molecule has 0 spiro atoms. The van der Waals surface area contributed by atoms with Crippen molar-refractivity contribution in [2.75, 3.05) is 6.61 Å². The highest BCUT2D eigenvalue weighted by Gasteiger charge is 2.38. The zero-order valence-corrected chi connectivity index (χ0v) is 10.4. The highest BCUT2D eigenvalue weighted by Crippen LogP contribution is 2.36. The van der Waals surface area contributed by atoms with Crippen molar-refractivity contribution in [1.29, 1.82) is 0 Å². The van der Waals surface area contributed by atoms with E-state index in [9.17, 15) is 8.78 Å². The highest BCUT2D eigenvalue weighted by atomic mass is 35.5. The fraction of sp³-hybridized carbons (Fsp3) is 0.273. The van der Waals surface area contributed by atoms with Crippen LogP contribution in [0.25, 0.3) is 10.1 Å². The van der Waals surface area contributed by atoms with Crippen molar-refractivity contribution in [1.82, 2.24) is 0 Å². The molecular weight excluding hydrogens is 268 g/mol. The van der Waals surface area contributed by atoms with Crippen LogP contribution in [0.5, 0.6) is 0 Å². The molecule has 6 heteroatoms. The summed E-state index contributed by atoms with van der Waals surface area (Å²) in [6.45, 7) is -1.24. The molecule has 0 radical (unpaired) electrons. The minimum atomic E-state index is -3.29. The van der Waals surface area contributed by atoms with Gasteiger partial charge >= 0.3 is 0 Å². The normalized spacial score (nSPS) is 13.4. The number of halogens is 3. The molecule has 0 saturated heterocycles. The first-order valence-electron chi connectivity index (χ1n) is 4.76. The van der Waals surface area contributed by atoms with Crippen LogP contribution in [-0.2, 0) is 0 Å². The summed E-state index contributed by atoms with van der Waals surface area (Å²) in [4.78, 5) is 0. The van der Waals surface area contributed by atoms with E-state index in [4.69, 9.17) is 10.8 Å². The van der Waals surface area contributed by atoms with Crippen LogP contribution in [-0.4, -0.2) is 17.6 Å². The molecule has 0 bridgehead atoms. The minimum absolute atomic E-state index is 0. The summed E-state index contributed by atoms with van der Waals surface area (Å²) in [6.07, 6.45) is 0. The molecule has 0 amide bonds. The number of rotatable bonds is 3. The van der Waals surface area contributed by atoms with Crippen molar-refractivity contribution >= 4 is 33.8 Å². The average molecular weight is 280 g/mol. The van der Waals surface area contributed by atoms with Gasteiger partial charge in [0.1, 0.15) is 6.61 Å². The van der Waals surface area contributed by atoms with E-state index < -0.39 is 18.6 Å². The third kappa shape index (κ3) is 2.57. The molecule has 3 N–H and O–H groups in total. The van der Waals surface area contributed by atoms with Crippen LogP contribution in [0, 0.1) is 0 Å². The number of nitrogens with two attached hydrogens (primary N) is 1. The monoisotopic (exact) mass is 279 g/mol. The lowest BCUT2D eigenvalue weighted by molar-refractivity contribution is -0.0707. The standard InChI is InChI=1S/C11H11F2NOS.ClH/c12-11(13,6-15)10(14)8-5-16-9-4-2-1-3-7(8)9;/h1-5,10,15H,6,14H2;1H/t10-;/m1./s1. The average Bonchev–Trinajstić information content (AvgIpc) is 2.71. The second kappa shape index (κ2) is 5.27. The number of thiophene rings is 1. The molecule has 2 nitrogen and oxygen atoms in total. The number of aliphatic hydroxyl groups excluding tert-OH is 1. The van der Waals surface area contributed by atoms with E-state index in [-0.39, 0.29) is 12.4 Å². The maximum absolute atomic E-state index is 13.3. The summed E-state index contributed by atoms with van der Waals surface area (Å²) in [5.41, 5.74) is 5.88. The summed E-state index contributed by atoms with van der Waals surface area (Å²) >= 11 is 1.37. The summed E-state index contributed by atoms with van der Waals surface area (Å²) in [5.74, 6) is -3.29. The zero-order chi connectivity index (χ0) is 11.8. The Balaban J connectivity index is 0.00000144. The van der Waals surface area contributed by atoms with Crippen LogP contribution in [0.15, 0.2) is 29.6 Å². The van der Waals surface area contributed by atoms with Crippen LogP contribution in [0.2, 0.25) is 0 Å². The molecule has 2 rings (SSSR count). The Hall–Kier alpha value is -0.750. The number of fused-ring (bicyclic) bond motifs is 1. The minimum Gasteiger partial charge on any atom is -0.390 e. The molecule has 0 fully saturated rings. The first-order chi connectivity index (χ1) is 7.56. The number of hydrogen-bond acceptors (Lipinski definition) is 3. The van der Waals surface area contributed by atoms with Crippen molar-refractivity contribution in [3.05, 3.63) is 35.2 Å². The topological polar surface area (TPSA) is 46.2 Å². The Morgan fingerprint density at radius 3 is 2.65 bits per heavy atom. The largest absolute Gasteiger partial charge is 0.390 e. The number of hydrogen-bond donors (Lipinski definition) is 2. The molecule has 0 aliphatic carbocycles. The van der Waals surface area contributed by atoms with Crippen LogP contribution in [0.3, 0.4) is 0 Å². The molecule has 1 aromatic carbocycles. The van der Waals surface area contributed by atoms with Gasteiger partial charge in [0.2, 0.25) is 0 Å². The summed E-state index contributed by atoms with van der Waals surface area (Å²) in [6, 6.07) is 5.77. The van der Waals surface area contributed by atoms with Crippen LogP contribution in [0.1, 0.15) is 11.6 Å². The molecule has 0 aliphatic heterocycles. The van der Waals surface area contributed by atoms with Gasteiger partial charge in [0.15, 0.2) is 0 Å². The zero-order valence-electron chi connectivity index (χ0n) is 8.77. The molecule has 94 valence electrons. The number of alkyl halides is 2.